The zero-order valence-corrected chi connectivity index (χ0v) is 54.1. The summed E-state index contributed by atoms with van der Waals surface area (Å²) < 4.78 is 0. The van der Waals surface area contributed by atoms with Crippen LogP contribution in [0.1, 0.15) is 0 Å². The smallest absolute Gasteiger partial charge is 0.160 e. The van der Waals surface area contributed by atoms with E-state index in [-0.39, 0.29) is 0 Å². The maximum Gasteiger partial charge on any atom is 0.160 e. The van der Waals surface area contributed by atoms with Gasteiger partial charge in [0.15, 0.2) is 11.6 Å². The molecular formula is C92H58N8. The largest absolute Gasteiger partial charge is 0.248 e. The second kappa shape index (κ2) is 25.5. The average molecular weight is 1280 g/mol. The highest BCUT2D eigenvalue weighted by molar-refractivity contribution is 6.14. The lowest BCUT2D eigenvalue weighted by Gasteiger charge is -2.12. The van der Waals surface area contributed by atoms with Crippen LogP contribution in [-0.4, -0.2) is 39.9 Å². The van der Waals surface area contributed by atoms with Gasteiger partial charge >= 0.3 is 0 Å². The summed E-state index contributed by atoms with van der Waals surface area (Å²) in [5.74, 6) is 1.34. The maximum absolute atomic E-state index is 5.20. The first kappa shape index (κ1) is 59.0. The number of benzene rings is 13. The first-order valence-corrected chi connectivity index (χ1v) is 33.5. The highest BCUT2D eigenvalue weighted by Crippen LogP contribution is 2.38. The number of pyridine rings is 4. The van der Waals surface area contributed by atoms with Crippen molar-refractivity contribution in [1.82, 2.24) is 39.9 Å². The molecule has 0 aliphatic rings. The molecule has 0 aliphatic heterocycles. The molecule has 8 nitrogen and oxygen atoms in total. The van der Waals surface area contributed by atoms with Crippen molar-refractivity contribution in [2.75, 3.05) is 0 Å². The van der Waals surface area contributed by atoms with Crippen molar-refractivity contribution in [3.63, 3.8) is 0 Å². The van der Waals surface area contributed by atoms with E-state index in [1.807, 2.05) is 121 Å². The summed E-state index contributed by atoms with van der Waals surface area (Å²) in [6, 6.07) is 122. The molecule has 19 rings (SSSR count). The Labute approximate surface area is 577 Å². The van der Waals surface area contributed by atoms with Gasteiger partial charge < -0.3 is 0 Å². The summed E-state index contributed by atoms with van der Waals surface area (Å²) in [6.07, 6.45) is 0. The van der Waals surface area contributed by atoms with Crippen molar-refractivity contribution in [3.8, 4) is 113 Å². The molecule has 0 aliphatic carbocycles. The Morgan fingerprint density at radius 3 is 1.01 bits per heavy atom. The first-order valence-electron chi connectivity index (χ1n) is 33.5. The Kier molecular flexibility index (Phi) is 15.1. The summed E-state index contributed by atoms with van der Waals surface area (Å²) in [7, 11) is 0. The predicted octanol–water partition coefficient (Wildman–Crippen LogP) is 23.3. The van der Waals surface area contributed by atoms with Crippen LogP contribution in [0.2, 0.25) is 0 Å². The van der Waals surface area contributed by atoms with Crippen molar-refractivity contribution < 1.29 is 0 Å². The minimum absolute atomic E-state index is 0.670. The monoisotopic (exact) mass is 1270 g/mol. The minimum Gasteiger partial charge on any atom is -0.248 e. The lowest BCUT2D eigenvalue weighted by Crippen LogP contribution is -1.97. The van der Waals surface area contributed by atoms with Crippen molar-refractivity contribution in [2.24, 2.45) is 0 Å². The van der Waals surface area contributed by atoms with Crippen LogP contribution < -0.4 is 0 Å². The molecule has 0 saturated heterocycles. The van der Waals surface area contributed by atoms with E-state index in [1.54, 1.807) is 0 Å². The van der Waals surface area contributed by atoms with E-state index in [0.717, 1.165) is 134 Å². The molecule has 6 aromatic heterocycles. The van der Waals surface area contributed by atoms with Gasteiger partial charge in [-0.15, -0.1) is 0 Å². The Balaban J connectivity index is 0.000000145. The van der Waals surface area contributed by atoms with Crippen LogP contribution in [0, 0.1) is 0 Å². The fourth-order valence-electron chi connectivity index (χ4n) is 13.5. The lowest BCUT2D eigenvalue weighted by molar-refractivity contribution is 1.17. The number of fused-ring (bicyclic) bond motifs is 8. The topological polar surface area (TPSA) is 103 Å². The molecule has 13 aromatic carbocycles. The molecule has 0 radical (unpaired) electrons. The van der Waals surface area contributed by atoms with Gasteiger partial charge in [0.1, 0.15) is 0 Å². The number of hydrogen-bond donors (Lipinski definition) is 0. The molecule has 0 fully saturated rings. The molecule has 19 aromatic rings. The van der Waals surface area contributed by atoms with Crippen LogP contribution in [0.4, 0.5) is 0 Å². The maximum atomic E-state index is 5.20. The van der Waals surface area contributed by atoms with E-state index in [2.05, 4.69) is 231 Å². The van der Waals surface area contributed by atoms with E-state index in [4.69, 9.17) is 39.9 Å². The molecule has 0 N–H and O–H groups in total. The van der Waals surface area contributed by atoms with Crippen molar-refractivity contribution in [1.29, 1.82) is 0 Å². The summed E-state index contributed by atoms with van der Waals surface area (Å²) in [5, 5.41) is 11.8. The standard InChI is InChI=1S/C48H30N4.C44H28N4/c1-3-11-32(12-4-1)45-30-46(52-48(51-45)36-13-5-2-6-14-36)42-27-25-34-20-23-38(29-44(34)50-42)41-26-24-33-19-22-37(28-43(33)49-41)40-17-9-15-35-21-18-31-10-7-8-16-39(31)47(35)40;1-3-10-30(11-4-1)42-28-43(48-44(47-42)33-12-5-2-6-13-33)39-24-22-32-17-20-37(27-41(32)46-39)38-23-21-31-16-19-36(26-40(31)45-38)35-18-15-29-9-7-8-14-34(29)25-35/h1-30H;1-28H. The third kappa shape index (κ3) is 11.7. The zero-order valence-electron chi connectivity index (χ0n) is 54.1. The molecule has 0 bridgehead atoms. The predicted molar refractivity (Wildman–Crippen MR) is 412 cm³/mol. The van der Waals surface area contributed by atoms with Crippen molar-refractivity contribution in [3.05, 3.63) is 352 Å². The van der Waals surface area contributed by atoms with Crippen LogP contribution in [0.5, 0.6) is 0 Å². The van der Waals surface area contributed by atoms with Crippen LogP contribution >= 0.6 is 0 Å². The third-order valence-corrected chi connectivity index (χ3v) is 18.7. The Bertz CT molecular complexity index is 6230. The average Bonchev–Trinajstić information content (AvgIpc) is 0.777. The number of aromatic nitrogens is 8. The molecule has 0 unspecified atom stereocenters. The summed E-state index contributed by atoms with van der Waals surface area (Å²) in [4.78, 5) is 40.5. The summed E-state index contributed by atoms with van der Waals surface area (Å²) >= 11 is 0. The van der Waals surface area contributed by atoms with Gasteiger partial charge in [-0.05, 0) is 121 Å². The fourth-order valence-corrected chi connectivity index (χ4v) is 13.5. The molecule has 6 heterocycles. The van der Waals surface area contributed by atoms with Gasteiger partial charge in [0, 0.05) is 54.9 Å². The van der Waals surface area contributed by atoms with Crippen LogP contribution in [-0.2, 0) is 0 Å². The van der Waals surface area contributed by atoms with Gasteiger partial charge in [0.05, 0.1) is 67.6 Å². The summed E-state index contributed by atoms with van der Waals surface area (Å²) in [5.41, 5.74) is 21.1. The Morgan fingerprint density at radius 2 is 0.490 bits per heavy atom. The van der Waals surface area contributed by atoms with Crippen LogP contribution in [0.25, 0.3) is 189 Å². The fraction of sp³-hybridized carbons (Fsp3) is 0. The van der Waals surface area contributed by atoms with E-state index in [9.17, 15) is 0 Å². The van der Waals surface area contributed by atoms with Gasteiger partial charge in [-0.2, -0.15) is 0 Å². The minimum atomic E-state index is 0.670. The second-order valence-corrected chi connectivity index (χ2v) is 25.1. The van der Waals surface area contributed by atoms with Crippen LogP contribution in [0.3, 0.4) is 0 Å². The van der Waals surface area contributed by atoms with Crippen LogP contribution in [0.15, 0.2) is 352 Å². The van der Waals surface area contributed by atoms with E-state index < -0.39 is 0 Å². The molecule has 0 spiro atoms. The summed E-state index contributed by atoms with van der Waals surface area (Å²) in [6.45, 7) is 0. The SMILES string of the molecule is c1ccc(-c2cc(-c3ccc4ccc(-c5ccc6ccc(-c7ccc8ccccc8c7)cc6n5)cc4n3)nc(-c3ccccc3)n2)cc1.c1ccc(-c2cc(-c3ccc4ccc(-c5ccc6ccc(-c7cccc8ccc9ccccc9c78)cc6n5)cc4n3)nc(-c3ccccc3)n2)cc1. The Morgan fingerprint density at radius 1 is 0.150 bits per heavy atom. The van der Waals surface area contributed by atoms with Gasteiger partial charge in [0.2, 0.25) is 0 Å². The van der Waals surface area contributed by atoms with Crippen molar-refractivity contribution in [2.45, 2.75) is 0 Å². The number of nitrogens with zero attached hydrogens (tertiary/aromatic N) is 8. The highest BCUT2D eigenvalue weighted by atomic mass is 14.9. The zero-order chi connectivity index (χ0) is 66.3. The second-order valence-electron chi connectivity index (χ2n) is 25.1. The Hall–Kier alpha value is -13.6. The van der Waals surface area contributed by atoms with E-state index >= 15 is 0 Å². The normalized spacial score (nSPS) is 11.4. The van der Waals surface area contributed by atoms with Crippen molar-refractivity contribution >= 4 is 75.9 Å². The molecule has 0 saturated carbocycles. The highest BCUT2D eigenvalue weighted by Gasteiger charge is 2.17. The van der Waals surface area contributed by atoms with E-state index in [0.29, 0.717) is 11.6 Å². The molecule has 0 atom stereocenters. The van der Waals surface area contributed by atoms with E-state index in [1.165, 1.54) is 43.4 Å². The van der Waals surface area contributed by atoms with Gasteiger partial charge in [-0.3, -0.25) is 0 Å². The van der Waals surface area contributed by atoms with Gasteiger partial charge in [0.25, 0.3) is 0 Å². The first-order chi connectivity index (χ1) is 49.5. The van der Waals surface area contributed by atoms with Gasteiger partial charge in [-0.25, -0.2) is 39.9 Å². The van der Waals surface area contributed by atoms with Gasteiger partial charge in [-0.1, -0.05) is 285 Å². The molecule has 0 amide bonds. The molecule has 100 heavy (non-hydrogen) atoms. The number of hydrogen-bond acceptors (Lipinski definition) is 8. The molecule has 8 heteroatoms. The third-order valence-electron chi connectivity index (χ3n) is 18.7. The number of rotatable bonds is 10. The molecular weight excluding hydrogens is 1220 g/mol. The molecule has 466 valence electrons. The quantitative estimate of drug-likeness (QED) is 0.125. The lowest BCUT2D eigenvalue weighted by atomic mass is 9.93.